The molecule has 0 saturated carbocycles. The van der Waals surface area contributed by atoms with Crippen LogP contribution in [0.25, 0.3) is 0 Å². The van der Waals surface area contributed by atoms with Gasteiger partial charge in [0.1, 0.15) is 11.4 Å². The lowest BCUT2D eigenvalue weighted by Gasteiger charge is -2.19. The topological polar surface area (TPSA) is 265 Å². The highest BCUT2D eigenvalue weighted by Crippen LogP contribution is 2.31. The zero-order valence-corrected chi connectivity index (χ0v) is 15.6. The van der Waals surface area contributed by atoms with Crippen LogP contribution < -0.4 is 10.0 Å². The number of nitro benzene ring substituents is 4. The highest BCUT2D eigenvalue weighted by molar-refractivity contribution is 5.62. The van der Waals surface area contributed by atoms with Gasteiger partial charge in [-0.2, -0.15) is 0 Å². The van der Waals surface area contributed by atoms with E-state index in [2.05, 4.69) is 0 Å². The Bertz CT molecular complexity index is 1040. The minimum Gasteiger partial charge on any atom is -0.258 e. The molecule has 0 bridgehead atoms. The fourth-order valence-electron chi connectivity index (χ4n) is 2.46. The first-order valence-corrected chi connectivity index (χ1v) is 8.03. The van der Waals surface area contributed by atoms with Crippen LogP contribution in [-0.2, 0) is 0 Å². The third-order valence-electron chi connectivity index (χ3n) is 3.88. The molecule has 20 heteroatoms. The normalized spacial score (nSPS) is 10.2. The molecular weight excluding hydrogens is 460 g/mol. The van der Waals surface area contributed by atoms with Crippen molar-refractivity contribution in [2.45, 2.75) is 0 Å². The van der Waals surface area contributed by atoms with Crippen LogP contribution in [0.1, 0.15) is 0 Å². The van der Waals surface area contributed by atoms with Crippen LogP contribution in [0, 0.1) is 60.7 Å². The Morgan fingerprint density at radius 1 is 0.485 bits per heavy atom. The van der Waals surface area contributed by atoms with Gasteiger partial charge in [-0.1, -0.05) is 10.0 Å². The lowest BCUT2D eigenvalue weighted by Crippen LogP contribution is -2.44. The van der Waals surface area contributed by atoms with Gasteiger partial charge in [-0.25, -0.2) is 20.2 Å². The number of hydrogen-bond acceptors (Lipinski definition) is 12. The zero-order valence-electron chi connectivity index (χ0n) is 15.6. The van der Waals surface area contributed by atoms with E-state index in [9.17, 15) is 60.7 Å². The van der Waals surface area contributed by atoms with Crippen LogP contribution in [0.5, 0.6) is 0 Å². The molecule has 2 aromatic carbocycles. The largest absolute Gasteiger partial charge is 0.278 e. The Morgan fingerprint density at radius 2 is 0.727 bits per heavy atom. The predicted octanol–water partition coefficient (Wildman–Crippen LogP) is 1.97. The summed E-state index contributed by atoms with van der Waals surface area (Å²) in [5.41, 5.74) is -5.39. The van der Waals surface area contributed by atoms with E-state index in [0.29, 0.717) is 36.4 Å². The maximum Gasteiger partial charge on any atom is 0.278 e. The Morgan fingerprint density at radius 3 is 0.909 bits per heavy atom. The van der Waals surface area contributed by atoms with Crippen molar-refractivity contribution < 1.29 is 29.8 Å². The van der Waals surface area contributed by atoms with Gasteiger partial charge in [-0.05, 0) is 0 Å². The minimum absolute atomic E-state index is 0.0898. The van der Waals surface area contributed by atoms with Crippen LogP contribution in [0.2, 0.25) is 0 Å². The summed E-state index contributed by atoms with van der Waals surface area (Å²) in [5, 5.41) is 64.4. The molecule has 0 saturated heterocycles. The van der Waals surface area contributed by atoms with E-state index >= 15 is 0 Å². The maximum absolute atomic E-state index is 11.5. The van der Waals surface area contributed by atoms with Gasteiger partial charge < -0.3 is 0 Å². The standard InChI is InChI=1S/C13H8N8O12/c22-16(23)10-1-8(2-11(5-10)17(24)25)14(20(30)31)7-15(21(32)33)9-3-12(18(26)27)6-13(4-9)19(28)29/h1-6H,7H2. The number of non-ortho nitro benzene ring substituents is 4. The van der Waals surface area contributed by atoms with Gasteiger partial charge in [-0.15, -0.1) is 0 Å². The Hall–Kier alpha value is -5.56. The molecule has 0 aliphatic rings. The van der Waals surface area contributed by atoms with Crippen molar-refractivity contribution in [3.05, 3.63) is 97.1 Å². The number of hydrazine groups is 2. The summed E-state index contributed by atoms with van der Waals surface area (Å²) in [6.45, 7) is -1.41. The molecule has 2 aromatic rings. The summed E-state index contributed by atoms with van der Waals surface area (Å²) in [6.07, 6.45) is 0. The van der Waals surface area contributed by atoms with Gasteiger partial charge in [-0.3, -0.25) is 40.5 Å². The molecule has 0 spiro atoms. The van der Waals surface area contributed by atoms with Gasteiger partial charge in [0.25, 0.3) is 22.7 Å². The molecule has 172 valence electrons. The second kappa shape index (κ2) is 9.07. The third kappa shape index (κ3) is 5.33. The Balaban J connectivity index is 2.64. The van der Waals surface area contributed by atoms with Crippen LogP contribution >= 0.6 is 0 Å². The average Bonchev–Trinajstić information content (AvgIpc) is 2.72. The summed E-state index contributed by atoms with van der Waals surface area (Å²) in [4.78, 5) is 62.8. The van der Waals surface area contributed by atoms with Crippen LogP contribution in [0.4, 0.5) is 34.1 Å². The van der Waals surface area contributed by atoms with Crippen molar-refractivity contribution in [1.82, 2.24) is 0 Å². The summed E-state index contributed by atoms with van der Waals surface area (Å²) < 4.78 is 0. The Labute approximate surface area is 178 Å². The van der Waals surface area contributed by atoms with Crippen molar-refractivity contribution in [1.29, 1.82) is 0 Å². The van der Waals surface area contributed by atoms with Gasteiger partial charge in [0.15, 0.2) is 10.1 Å². The smallest absolute Gasteiger partial charge is 0.258 e. The van der Waals surface area contributed by atoms with E-state index in [0.717, 1.165) is 0 Å². The fourth-order valence-corrected chi connectivity index (χ4v) is 2.46. The number of rotatable bonds is 10. The van der Waals surface area contributed by atoms with E-state index < -0.39 is 70.6 Å². The molecule has 0 amide bonds. The fraction of sp³-hybridized carbons (Fsp3) is 0.0769. The third-order valence-corrected chi connectivity index (χ3v) is 3.88. The first kappa shape index (κ1) is 23.7. The number of benzene rings is 2. The van der Waals surface area contributed by atoms with E-state index in [1.807, 2.05) is 0 Å². The summed E-state index contributed by atoms with van der Waals surface area (Å²) >= 11 is 0. The second-order valence-electron chi connectivity index (χ2n) is 5.86. The molecule has 2 rings (SSSR count). The van der Waals surface area contributed by atoms with Crippen molar-refractivity contribution in [2.75, 3.05) is 16.7 Å². The van der Waals surface area contributed by atoms with E-state index in [-0.39, 0.29) is 10.0 Å². The highest BCUT2D eigenvalue weighted by Gasteiger charge is 2.33. The molecule has 0 unspecified atom stereocenters. The molecule has 0 radical (unpaired) electrons. The van der Waals surface area contributed by atoms with Gasteiger partial charge in [0.2, 0.25) is 6.67 Å². The maximum atomic E-state index is 11.5. The summed E-state index contributed by atoms with van der Waals surface area (Å²) in [6, 6.07) is 3.12. The van der Waals surface area contributed by atoms with E-state index in [1.165, 1.54) is 0 Å². The van der Waals surface area contributed by atoms with Gasteiger partial charge >= 0.3 is 0 Å². The monoisotopic (exact) mass is 468 g/mol. The molecule has 0 aromatic heterocycles. The number of nitro groups is 6. The molecule has 0 heterocycles. The van der Waals surface area contributed by atoms with Crippen LogP contribution in [0.15, 0.2) is 36.4 Å². The van der Waals surface area contributed by atoms with E-state index in [4.69, 9.17) is 0 Å². The summed E-state index contributed by atoms with van der Waals surface area (Å²) in [5.74, 6) is 0. The zero-order chi connectivity index (χ0) is 25.0. The van der Waals surface area contributed by atoms with Gasteiger partial charge in [0, 0.05) is 24.3 Å². The first-order chi connectivity index (χ1) is 15.3. The van der Waals surface area contributed by atoms with Crippen LogP contribution in [-0.4, -0.2) is 36.4 Å². The molecule has 0 atom stereocenters. The minimum atomic E-state index is -1.41. The first-order valence-electron chi connectivity index (χ1n) is 8.03. The lowest BCUT2D eigenvalue weighted by molar-refractivity contribution is -0.525. The molecular formula is C13H8N8O12. The SMILES string of the molecule is O=[N+]([O-])c1cc(N(CN(c2cc([N+](=O)[O-])cc([N+](=O)[O-])c2)[N+](=O)[O-])[N+](=O)[O-])cc([N+](=O)[O-])c1. The summed E-state index contributed by atoms with van der Waals surface area (Å²) in [7, 11) is 0. The molecule has 20 nitrogen and oxygen atoms in total. The van der Waals surface area contributed by atoms with Gasteiger partial charge in [0.05, 0.1) is 31.8 Å². The lowest BCUT2D eigenvalue weighted by atomic mass is 10.2. The molecule has 33 heavy (non-hydrogen) atoms. The highest BCUT2D eigenvalue weighted by atomic mass is 16.7. The van der Waals surface area contributed by atoms with Crippen molar-refractivity contribution in [3.63, 3.8) is 0 Å². The Kier molecular flexibility index (Phi) is 6.52. The second-order valence-corrected chi connectivity index (χ2v) is 5.86. The predicted molar refractivity (Wildman–Crippen MR) is 103 cm³/mol. The molecule has 0 aliphatic heterocycles. The van der Waals surface area contributed by atoms with Crippen molar-refractivity contribution in [3.8, 4) is 0 Å². The van der Waals surface area contributed by atoms with E-state index in [1.54, 1.807) is 0 Å². The molecule has 0 N–H and O–H groups in total. The average molecular weight is 468 g/mol. The van der Waals surface area contributed by atoms with Crippen LogP contribution in [0.3, 0.4) is 0 Å². The number of anilines is 2. The van der Waals surface area contributed by atoms with Crippen molar-refractivity contribution >= 4 is 34.1 Å². The number of hydrogen-bond donors (Lipinski definition) is 0. The molecule has 0 aliphatic carbocycles. The number of nitrogens with zero attached hydrogens (tertiary/aromatic N) is 8. The quantitative estimate of drug-likeness (QED) is 0.274. The van der Waals surface area contributed by atoms with Crippen molar-refractivity contribution in [2.24, 2.45) is 0 Å². The molecule has 0 fully saturated rings.